The maximum atomic E-state index is 5.91. The van der Waals surface area contributed by atoms with E-state index in [2.05, 4.69) is 37.8 Å². The highest BCUT2D eigenvalue weighted by atomic mass is 15.1. The Kier molecular flexibility index (Phi) is 2.83. The summed E-state index contributed by atoms with van der Waals surface area (Å²) in [5.74, 6) is 0. The topological polar surface area (TPSA) is 29.3 Å². The quantitative estimate of drug-likeness (QED) is 0.734. The van der Waals surface area contributed by atoms with E-state index in [-0.39, 0.29) is 5.41 Å². The number of rotatable bonds is 1. The summed E-state index contributed by atoms with van der Waals surface area (Å²) in [6, 6.07) is 6.37. The largest absolute Gasteiger partial charge is 0.399 e. The highest BCUT2D eigenvalue weighted by Gasteiger charge is 2.28. The number of hydrogen-bond donors (Lipinski definition) is 1. The second-order valence-electron chi connectivity index (χ2n) is 5.34. The molecule has 2 N–H and O–H groups in total. The van der Waals surface area contributed by atoms with Gasteiger partial charge >= 0.3 is 0 Å². The molecular weight excluding hydrogens is 196 g/mol. The molecule has 0 bridgehead atoms. The SMILES string of the molecule is CCN1CCCC(C)(C)c2ccc(N)cc21. The van der Waals surface area contributed by atoms with Crippen molar-refractivity contribution in [3.8, 4) is 0 Å². The van der Waals surface area contributed by atoms with Crippen molar-refractivity contribution in [2.75, 3.05) is 23.7 Å². The van der Waals surface area contributed by atoms with Gasteiger partial charge in [-0.25, -0.2) is 0 Å². The van der Waals surface area contributed by atoms with Gasteiger partial charge in [0.15, 0.2) is 0 Å². The first-order chi connectivity index (χ1) is 7.54. The first-order valence-corrected chi connectivity index (χ1v) is 6.19. The van der Waals surface area contributed by atoms with E-state index in [0.717, 1.165) is 18.8 Å². The standard InChI is InChI=1S/C14H22N2/c1-4-16-9-5-8-14(2,3)12-7-6-11(15)10-13(12)16/h6-7,10H,4-5,8-9,15H2,1-3H3. The Bertz CT molecular complexity index is 382. The van der Waals surface area contributed by atoms with Crippen LogP contribution in [0.5, 0.6) is 0 Å². The molecular formula is C14H22N2. The van der Waals surface area contributed by atoms with Crippen LogP contribution in [-0.2, 0) is 5.41 Å². The van der Waals surface area contributed by atoms with Crippen LogP contribution in [0.1, 0.15) is 39.2 Å². The van der Waals surface area contributed by atoms with Gasteiger partial charge in [-0.15, -0.1) is 0 Å². The van der Waals surface area contributed by atoms with Gasteiger partial charge in [-0.1, -0.05) is 19.9 Å². The normalized spacial score (nSPS) is 19.1. The van der Waals surface area contributed by atoms with E-state index in [1.54, 1.807) is 0 Å². The summed E-state index contributed by atoms with van der Waals surface area (Å²) < 4.78 is 0. The lowest BCUT2D eigenvalue weighted by Gasteiger charge is -2.28. The van der Waals surface area contributed by atoms with Crippen molar-refractivity contribution in [1.29, 1.82) is 0 Å². The van der Waals surface area contributed by atoms with Gasteiger partial charge in [-0.3, -0.25) is 0 Å². The van der Waals surface area contributed by atoms with Crippen LogP contribution in [-0.4, -0.2) is 13.1 Å². The zero-order valence-corrected chi connectivity index (χ0v) is 10.6. The summed E-state index contributed by atoms with van der Waals surface area (Å²) in [5.41, 5.74) is 9.84. The first-order valence-electron chi connectivity index (χ1n) is 6.19. The molecule has 1 aliphatic heterocycles. The Labute approximate surface area is 98.4 Å². The predicted octanol–water partition coefficient (Wildman–Crippen LogP) is 3.17. The van der Waals surface area contributed by atoms with Gasteiger partial charge in [-0.05, 0) is 42.9 Å². The van der Waals surface area contributed by atoms with Gasteiger partial charge < -0.3 is 10.6 Å². The lowest BCUT2D eigenvalue weighted by atomic mass is 9.80. The minimum Gasteiger partial charge on any atom is -0.399 e. The number of benzene rings is 1. The summed E-state index contributed by atoms with van der Waals surface area (Å²) in [4.78, 5) is 2.44. The molecule has 16 heavy (non-hydrogen) atoms. The van der Waals surface area contributed by atoms with E-state index >= 15 is 0 Å². The zero-order valence-electron chi connectivity index (χ0n) is 10.6. The molecule has 0 saturated heterocycles. The van der Waals surface area contributed by atoms with E-state index in [4.69, 9.17) is 5.73 Å². The Morgan fingerprint density at radius 1 is 1.38 bits per heavy atom. The van der Waals surface area contributed by atoms with Gasteiger partial charge in [-0.2, -0.15) is 0 Å². The number of nitrogens with zero attached hydrogens (tertiary/aromatic N) is 1. The molecule has 0 amide bonds. The summed E-state index contributed by atoms with van der Waals surface area (Å²) >= 11 is 0. The number of fused-ring (bicyclic) bond motifs is 1. The summed E-state index contributed by atoms with van der Waals surface area (Å²) in [7, 11) is 0. The third-order valence-electron chi connectivity index (χ3n) is 3.70. The smallest absolute Gasteiger partial charge is 0.0424 e. The summed E-state index contributed by atoms with van der Waals surface area (Å²) in [5, 5.41) is 0. The Morgan fingerprint density at radius 3 is 2.81 bits per heavy atom. The third-order valence-corrected chi connectivity index (χ3v) is 3.70. The van der Waals surface area contributed by atoms with Crippen molar-refractivity contribution in [1.82, 2.24) is 0 Å². The molecule has 0 unspecified atom stereocenters. The molecule has 0 fully saturated rings. The van der Waals surface area contributed by atoms with E-state index < -0.39 is 0 Å². The Hall–Kier alpha value is -1.18. The number of hydrogen-bond acceptors (Lipinski definition) is 2. The average Bonchev–Trinajstić information content (AvgIpc) is 2.35. The van der Waals surface area contributed by atoms with Crippen molar-refractivity contribution in [3.63, 3.8) is 0 Å². The fraction of sp³-hybridized carbons (Fsp3) is 0.571. The van der Waals surface area contributed by atoms with Crippen LogP contribution in [0.3, 0.4) is 0 Å². The minimum absolute atomic E-state index is 0.271. The molecule has 1 aliphatic rings. The lowest BCUT2D eigenvalue weighted by Crippen LogP contribution is -2.24. The van der Waals surface area contributed by atoms with Gasteiger partial charge in [0.05, 0.1) is 0 Å². The molecule has 1 heterocycles. The van der Waals surface area contributed by atoms with Crippen LogP contribution in [0.4, 0.5) is 11.4 Å². The highest BCUT2D eigenvalue weighted by molar-refractivity contribution is 5.63. The number of nitrogen functional groups attached to an aromatic ring is 1. The number of anilines is 2. The average molecular weight is 218 g/mol. The maximum Gasteiger partial charge on any atom is 0.0424 e. The van der Waals surface area contributed by atoms with Crippen LogP contribution in [0.15, 0.2) is 18.2 Å². The van der Waals surface area contributed by atoms with Crippen molar-refractivity contribution in [2.24, 2.45) is 0 Å². The molecule has 1 aromatic rings. The second-order valence-corrected chi connectivity index (χ2v) is 5.34. The van der Waals surface area contributed by atoms with Crippen molar-refractivity contribution in [2.45, 2.75) is 39.0 Å². The Balaban J connectivity index is 2.55. The minimum atomic E-state index is 0.271. The van der Waals surface area contributed by atoms with E-state index in [9.17, 15) is 0 Å². The monoisotopic (exact) mass is 218 g/mol. The number of nitrogens with two attached hydrogens (primary N) is 1. The Morgan fingerprint density at radius 2 is 2.12 bits per heavy atom. The molecule has 0 aliphatic carbocycles. The molecule has 2 rings (SSSR count). The summed E-state index contributed by atoms with van der Waals surface area (Å²) in [6.07, 6.45) is 2.51. The lowest BCUT2D eigenvalue weighted by molar-refractivity contribution is 0.476. The first kappa shape index (κ1) is 11.3. The van der Waals surface area contributed by atoms with E-state index in [1.165, 1.54) is 24.1 Å². The molecule has 0 saturated carbocycles. The van der Waals surface area contributed by atoms with Crippen LogP contribution in [0.2, 0.25) is 0 Å². The molecule has 0 aromatic heterocycles. The molecule has 0 radical (unpaired) electrons. The molecule has 1 aromatic carbocycles. The van der Waals surface area contributed by atoms with Crippen molar-refractivity contribution >= 4 is 11.4 Å². The molecule has 2 nitrogen and oxygen atoms in total. The molecule has 88 valence electrons. The van der Waals surface area contributed by atoms with Crippen LogP contribution < -0.4 is 10.6 Å². The van der Waals surface area contributed by atoms with E-state index in [1.807, 2.05) is 6.07 Å². The second kappa shape index (κ2) is 4.00. The fourth-order valence-corrected chi connectivity index (χ4v) is 2.68. The van der Waals surface area contributed by atoms with Crippen LogP contribution in [0.25, 0.3) is 0 Å². The van der Waals surface area contributed by atoms with Gasteiger partial charge in [0.25, 0.3) is 0 Å². The predicted molar refractivity (Wildman–Crippen MR) is 71.0 cm³/mol. The van der Waals surface area contributed by atoms with Crippen LogP contribution in [0, 0.1) is 0 Å². The van der Waals surface area contributed by atoms with Crippen molar-refractivity contribution in [3.05, 3.63) is 23.8 Å². The van der Waals surface area contributed by atoms with Crippen LogP contribution >= 0.6 is 0 Å². The summed E-state index contributed by atoms with van der Waals surface area (Å²) in [6.45, 7) is 9.09. The van der Waals surface area contributed by atoms with Gasteiger partial charge in [0, 0.05) is 24.5 Å². The molecule has 2 heteroatoms. The van der Waals surface area contributed by atoms with Gasteiger partial charge in [0.1, 0.15) is 0 Å². The van der Waals surface area contributed by atoms with E-state index in [0.29, 0.717) is 0 Å². The zero-order chi connectivity index (χ0) is 11.8. The van der Waals surface area contributed by atoms with Gasteiger partial charge in [0.2, 0.25) is 0 Å². The molecule has 0 spiro atoms. The highest BCUT2D eigenvalue weighted by Crippen LogP contribution is 2.39. The maximum absolute atomic E-state index is 5.91. The third kappa shape index (κ3) is 1.89. The van der Waals surface area contributed by atoms with Crippen molar-refractivity contribution < 1.29 is 0 Å². The fourth-order valence-electron chi connectivity index (χ4n) is 2.68. The molecule has 0 atom stereocenters.